The summed E-state index contributed by atoms with van der Waals surface area (Å²) in [4.78, 5) is 24.9. The number of halogens is 1. The molecule has 2 rings (SSSR count). The fourth-order valence-corrected chi connectivity index (χ4v) is 2.98. The molecule has 0 aliphatic heterocycles. The van der Waals surface area contributed by atoms with Crippen LogP contribution in [0.2, 0.25) is 0 Å². The number of hydrogen-bond acceptors (Lipinski definition) is 7. The molecular weight excluding hydrogens is 446 g/mol. The van der Waals surface area contributed by atoms with Crippen molar-refractivity contribution in [2.24, 2.45) is 0 Å². The Balaban J connectivity index is 2.10. The molecule has 2 aromatic carbocycles. The normalized spacial score (nSPS) is 11.2. The highest BCUT2D eigenvalue weighted by Gasteiger charge is 2.22. The number of methoxy groups -OCH3 is 4. The molecule has 0 radical (unpaired) electrons. The van der Waals surface area contributed by atoms with Crippen LogP contribution in [0.5, 0.6) is 23.0 Å². The number of anilines is 1. The van der Waals surface area contributed by atoms with Crippen LogP contribution in [0.25, 0.3) is 0 Å². The Morgan fingerprint density at radius 1 is 0.862 bits per heavy atom. The van der Waals surface area contributed by atoms with Crippen molar-refractivity contribution in [3.05, 3.63) is 40.4 Å². The van der Waals surface area contributed by atoms with Gasteiger partial charge in [0.1, 0.15) is 16.0 Å². The standard InChI is InChI=1S/C20H22BrNO7/c1-11(19(23)22-13-6-7-14(25-2)15(10-13)26-3)29-20(24)12-8-16(27-4)18(21)17(9-12)28-5/h6-11H,1-5H3,(H,22,23). The molecule has 8 nitrogen and oxygen atoms in total. The summed E-state index contributed by atoms with van der Waals surface area (Å²) < 4.78 is 26.6. The summed E-state index contributed by atoms with van der Waals surface area (Å²) in [6.45, 7) is 1.47. The number of ether oxygens (including phenoxy) is 5. The lowest BCUT2D eigenvalue weighted by atomic mass is 10.2. The Labute approximate surface area is 177 Å². The van der Waals surface area contributed by atoms with E-state index in [0.29, 0.717) is 33.2 Å². The van der Waals surface area contributed by atoms with Gasteiger partial charge in [-0.2, -0.15) is 0 Å². The van der Waals surface area contributed by atoms with Crippen molar-refractivity contribution in [3.8, 4) is 23.0 Å². The summed E-state index contributed by atoms with van der Waals surface area (Å²) in [5, 5.41) is 2.67. The summed E-state index contributed by atoms with van der Waals surface area (Å²) in [7, 11) is 5.94. The first kappa shape index (κ1) is 22.4. The second-order valence-corrected chi connectivity index (χ2v) is 6.59. The van der Waals surface area contributed by atoms with E-state index in [1.165, 1.54) is 47.5 Å². The molecule has 1 amide bonds. The second kappa shape index (κ2) is 10.0. The van der Waals surface area contributed by atoms with Gasteiger partial charge in [0.05, 0.1) is 34.0 Å². The minimum atomic E-state index is -1.05. The van der Waals surface area contributed by atoms with Crippen molar-refractivity contribution >= 4 is 33.5 Å². The first-order valence-corrected chi connectivity index (χ1v) is 9.29. The molecule has 0 saturated heterocycles. The number of hydrogen-bond donors (Lipinski definition) is 1. The summed E-state index contributed by atoms with van der Waals surface area (Å²) in [6, 6.07) is 7.90. The van der Waals surface area contributed by atoms with Crippen LogP contribution in [-0.4, -0.2) is 46.4 Å². The minimum absolute atomic E-state index is 0.188. The summed E-state index contributed by atoms with van der Waals surface area (Å²) in [5.41, 5.74) is 0.662. The number of carbonyl (C=O) groups excluding carboxylic acids is 2. The van der Waals surface area contributed by atoms with E-state index in [9.17, 15) is 9.59 Å². The zero-order chi connectivity index (χ0) is 21.6. The Kier molecular flexibility index (Phi) is 7.72. The van der Waals surface area contributed by atoms with Crippen molar-refractivity contribution in [1.29, 1.82) is 0 Å². The Bertz CT molecular complexity index is 875. The molecule has 0 fully saturated rings. The highest BCUT2D eigenvalue weighted by atomic mass is 79.9. The van der Waals surface area contributed by atoms with Gasteiger partial charge in [-0.15, -0.1) is 0 Å². The fourth-order valence-electron chi connectivity index (χ4n) is 2.43. The average molecular weight is 468 g/mol. The van der Waals surface area contributed by atoms with E-state index in [-0.39, 0.29) is 5.56 Å². The lowest BCUT2D eigenvalue weighted by molar-refractivity contribution is -0.123. The summed E-state index contributed by atoms with van der Waals surface area (Å²) in [6.07, 6.45) is -1.05. The number of esters is 1. The molecule has 9 heteroatoms. The van der Waals surface area contributed by atoms with Gasteiger partial charge < -0.3 is 29.0 Å². The minimum Gasteiger partial charge on any atom is -0.495 e. The van der Waals surface area contributed by atoms with E-state index in [0.717, 1.165) is 0 Å². The fraction of sp³-hybridized carbons (Fsp3) is 0.300. The maximum atomic E-state index is 12.5. The van der Waals surface area contributed by atoms with Crippen LogP contribution in [0.1, 0.15) is 17.3 Å². The zero-order valence-electron chi connectivity index (χ0n) is 16.7. The van der Waals surface area contributed by atoms with Gasteiger partial charge in [0, 0.05) is 11.8 Å². The van der Waals surface area contributed by atoms with Crippen LogP contribution in [0, 0.1) is 0 Å². The molecule has 0 bridgehead atoms. The Morgan fingerprint density at radius 2 is 1.41 bits per heavy atom. The van der Waals surface area contributed by atoms with Gasteiger partial charge in [-0.25, -0.2) is 4.79 Å². The van der Waals surface area contributed by atoms with Crippen LogP contribution in [0.4, 0.5) is 5.69 Å². The van der Waals surface area contributed by atoms with E-state index >= 15 is 0 Å². The molecule has 29 heavy (non-hydrogen) atoms. The quantitative estimate of drug-likeness (QED) is 0.591. The van der Waals surface area contributed by atoms with E-state index in [2.05, 4.69) is 21.2 Å². The van der Waals surface area contributed by atoms with Gasteiger partial charge in [0.2, 0.25) is 0 Å². The molecule has 0 aliphatic rings. The first-order valence-electron chi connectivity index (χ1n) is 8.50. The third-order valence-electron chi connectivity index (χ3n) is 3.99. The van der Waals surface area contributed by atoms with Gasteiger partial charge in [0.25, 0.3) is 5.91 Å². The maximum absolute atomic E-state index is 12.5. The second-order valence-electron chi connectivity index (χ2n) is 5.80. The van der Waals surface area contributed by atoms with Crippen molar-refractivity contribution in [2.45, 2.75) is 13.0 Å². The third-order valence-corrected chi connectivity index (χ3v) is 4.77. The third kappa shape index (κ3) is 5.32. The van der Waals surface area contributed by atoms with Crippen LogP contribution < -0.4 is 24.3 Å². The van der Waals surface area contributed by atoms with Crippen LogP contribution in [-0.2, 0) is 9.53 Å². The average Bonchev–Trinajstić information content (AvgIpc) is 2.73. The van der Waals surface area contributed by atoms with E-state index in [1.807, 2.05) is 0 Å². The number of rotatable bonds is 8. The van der Waals surface area contributed by atoms with Gasteiger partial charge >= 0.3 is 5.97 Å². The summed E-state index contributed by atoms with van der Waals surface area (Å²) in [5.74, 6) is 0.607. The van der Waals surface area contributed by atoms with Crippen LogP contribution >= 0.6 is 15.9 Å². The molecule has 0 heterocycles. The van der Waals surface area contributed by atoms with Gasteiger partial charge in [0.15, 0.2) is 17.6 Å². The number of nitrogens with one attached hydrogen (secondary N) is 1. The molecular formula is C20H22BrNO7. The van der Waals surface area contributed by atoms with Crippen molar-refractivity contribution in [2.75, 3.05) is 33.8 Å². The molecule has 0 saturated carbocycles. The molecule has 1 unspecified atom stereocenters. The van der Waals surface area contributed by atoms with E-state index in [4.69, 9.17) is 23.7 Å². The molecule has 0 aliphatic carbocycles. The van der Waals surface area contributed by atoms with Crippen molar-refractivity contribution in [3.63, 3.8) is 0 Å². The molecule has 0 aromatic heterocycles. The SMILES string of the molecule is COc1ccc(NC(=O)C(C)OC(=O)c2cc(OC)c(Br)c(OC)c2)cc1OC. The topological polar surface area (TPSA) is 92.3 Å². The Morgan fingerprint density at radius 3 is 1.93 bits per heavy atom. The lowest BCUT2D eigenvalue weighted by Crippen LogP contribution is -2.30. The molecule has 1 atom stereocenters. The number of benzene rings is 2. The van der Waals surface area contributed by atoms with Crippen LogP contribution in [0.15, 0.2) is 34.8 Å². The first-order chi connectivity index (χ1) is 13.8. The van der Waals surface area contributed by atoms with Crippen LogP contribution in [0.3, 0.4) is 0 Å². The van der Waals surface area contributed by atoms with E-state index < -0.39 is 18.0 Å². The molecule has 2 aromatic rings. The zero-order valence-corrected chi connectivity index (χ0v) is 18.3. The monoisotopic (exact) mass is 467 g/mol. The predicted molar refractivity (Wildman–Crippen MR) is 110 cm³/mol. The number of carbonyl (C=O) groups is 2. The van der Waals surface area contributed by atoms with Crippen molar-refractivity contribution < 1.29 is 33.3 Å². The largest absolute Gasteiger partial charge is 0.495 e. The van der Waals surface area contributed by atoms with Gasteiger partial charge in [-0.3, -0.25) is 4.79 Å². The Hall–Kier alpha value is -2.94. The maximum Gasteiger partial charge on any atom is 0.339 e. The van der Waals surface area contributed by atoms with Gasteiger partial charge in [-0.05, 0) is 47.1 Å². The lowest BCUT2D eigenvalue weighted by Gasteiger charge is -2.16. The highest BCUT2D eigenvalue weighted by molar-refractivity contribution is 9.10. The van der Waals surface area contributed by atoms with E-state index in [1.54, 1.807) is 18.2 Å². The molecule has 1 N–H and O–H groups in total. The molecule has 156 valence electrons. The smallest absolute Gasteiger partial charge is 0.339 e. The molecule has 0 spiro atoms. The van der Waals surface area contributed by atoms with Crippen molar-refractivity contribution in [1.82, 2.24) is 0 Å². The highest BCUT2D eigenvalue weighted by Crippen LogP contribution is 2.36. The van der Waals surface area contributed by atoms with Gasteiger partial charge in [-0.1, -0.05) is 0 Å². The predicted octanol–water partition coefficient (Wildman–Crippen LogP) is 3.67. The number of amides is 1. The summed E-state index contributed by atoms with van der Waals surface area (Å²) >= 11 is 3.33.